The molecule has 0 bridgehead atoms. The number of nitrogens with zero attached hydrogens (tertiary/aromatic N) is 2. The first-order chi connectivity index (χ1) is 15.3. The van der Waals surface area contributed by atoms with E-state index in [-0.39, 0.29) is 33.5 Å². The summed E-state index contributed by atoms with van der Waals surface area (Å²) < 4.78 is 27.2. The molecule has 2 aromatic rings. The molecule has 8 heteroatoms. The standard InChI is InChI=1S/C24H32ClN3O3S/c1-4-28(5-2)32(30,31)20-13-14-22(25)21(17-20)24(29)26-18(3)23(27-15-9-10-16-27)19-11-7-6-8-12-19/h6-8,11-14,17-18,23H,4-5,9-10,15-16H2,1-3H3,(H,26,29). The first-order valence-electron chi connectivity index (χ1n) is 11.2. The molecule has 0 aromatic heterocycles. The number of likely N-dealkylation sites (tertiary alicyclic amines) is 1. The smallest absolute Gasteiger partial charge is 0.253 e. The monoisotopic (exact) mass is 477 g/mol. The minimum absolute atomic E-state index is 0.0315. The Morgan fingerprint density at radius 3 is 2.31 bits per heavy atom. The first-order valence-corrected chi connectivity index (χ1v) is 13.0. The van der Waals surface area contributed by atoms with Gasteiger partial charge in [-0.05, 0) is 56.6 Å². The molecule has 174 valence electrons. The van der Waals surface area contributed by atoms with Gasteiger partial charge >= 0.3 is 0 Å². The quantitative estimate of drug-likeness (QED) is 0.583. The van der Waals surface area contributed by atoms with Crippen LogP contribution in [0.4, 0.5) is 0 Å². The molecule has 1 N–H and O–H groups in total. The van der Waals surface area contributed by atoms with E-state index in [0.29, 0.717) is 13.1 Å². The molecule has 0 spiro atoms. The highest BCUT2D eigenvalue weighted by Crippen LogP contribution is 2.29. The van der Waals surface area contributed by atoms with E-state index in [0.717, 1.165) is 31.5 Å². The van der Waals surface area contributed by atoms with Crippen LogP contribution >= 0.6 is 11.6 Å². The number of carbonyl (C=O) groups excluding carboxylic acids is 1. The molecule has 6 nitrogen and oxygen atoms in total. The van der Waals surface area contributed by atoms with Crippen molar-refractivity contribution in [2.24, 2.45) is 0 Å². The van der Waals surface area contributed by atoms with Gasteiger partial charge in [0.05, 0.1) is 21.5 Å². The molecule has 2 atom stereocenters. The van der Waals surface area contributed by atoms with Crippen molar-refractivity contribution in [3.05, 3.63) is 64.7 Å². The van der Waals surface area contributed by atoms with Gasteiger partial charge in [0.15, 0.2) is 0 Å². The first kappa shape index (κ1) is 24.7. The largest absolute Gasteiger partial charge is 0.348 e. The highest BCUT2D eigenvalue weighted by atomic mass is 35.5. The number of rotatable bonds is 9. The highest BCUT2D eigenvalue weighted by Gasteiger charge is 2.30. The van der Waals surface area contributed by atoms with E-state index in [1.807, 2.05) is 25.1 Å². The van der Waals surface area contributed by atoms with Gasteiger partial charge in [-0.1, -0.05) is 55.8 Å². The summed E-state index contributed by atoms with van der Waals surface area (Å²) in [5.41, 5.74) is 1.31. The number of sulfonamides is 1. The van der Waals surface area contributed by atoms with Gasteiger partial charge in [0, 0.05) is 19.1 Å². The van der Waals surface area contributed by atoms with Crippen LogP contribution in [-0.2, 0) is 10.0 Å². The normalized spacial score (nSPS) is 16.8. The average Bonchev–Trinajstić information content (AvgIpc) is 3.29. The number of halogens is 1. The van der Waals surface area contributed by atoms with E-state index in [2.05, 4.69) is 22.3 Å². The summed E-state index contributed by atoms with van der Waals surface area (Å²) in [6, 6.07) is 14.3. The van der Waals surface area contributed by atoms with Gasteiger partial charge in [0.25, 0.3) is 5.91 Å². The van der Waals surface area contributed by atoms with Crippen LogP contribution < -0.4 is 5.32 Å². The lowest BCUT2D eigenvalue weighted by molar-refractivity contribution is 0.0906. The van der Waals surface area contributed by atoms with Gasteiger partial charge in [0.2, 0.25) is 10.0 Å². The van der Waals surface area contributed by atoms with E-state index in [1.54, 1.807) is 13.8 Å². The third-order valence-corrected chi connectivity index (χ3v) is 8.41. The van der Waals surface area contributed by atoms with Crippen molar-refractivity contribution in [2.45, 2.75) is 50.6 Å². The van der Waals surface area contributed by atoms with E-state index in [4.69, 9.17) is 11.6 Å². The van der Waals surface area contributed by atoms with Crippen molar-refractivity contribution >= 4 is 27.5 Å². The second kappa shape index (κ2) is 10.8. The van der Waals surface area contributed by atoms with Crippen LogP contribution in [0.1, 0.15) is 55.6 Å². The van der Waals surface area contributed by atoms with Crippen LogP contribution in [0.15, 0.2) is 53.4 Å². The molecule has 1 fully saturated rings. The maximum atomic E-state index is 13.2. The van der Waals surface area contributed by atoms with Gasteiger partial charge in [-0.25, -0.2) is 8.42 Å². The Bertz CT molecular complexity index is 1020. The lowest BCUT2D eigenvalue weighted by atomic mass is 9.98. The molecule has 3 rings (SSSR count). The summed E-state index contributed by atoms with van der Waals surface area (Å²) in [6.07, 6.45) is 2.28. The Hall–Kier alpha value is -1.93. The molecule has 1 saturated heterocycles. The molecule has 0 radical (unpaired) electrons. The number of carbonyl (C=O) groups is 1. The van der Waals surface area contributed by atoms with Crippen LogP contribution in [-0.4, -0.2) is 55.8 Å². The predicted octanol–water partition coefficient (Wildman–Crippen LogP) is 4.33. The highest BCUT2D eigenvalue weighted by molar-refractivity contribution is 7.89. The SMILES string of the molecule is CCN(CC)S(=O)(=O)c1ccc(Cl)c(C(=O)NC(C)C(c2ccccc2)N2CCCC2)c1. The average molecular weight is 478 g/mol. The van der Waals surface area contributed by atoms with Gasteiger partial charge in [-0.15, -0.1) is 0 Å². The van der Waals surface area contributed by atoms with E-state index < -0.39 is 10.0 Å². The van der Waals surface area contributed by atoms with Crippen molar-refractivity contribution in [1.82, 2.24) is 14.5 Å². The molecule has 1 aliphatic rings. The van der Waals surface area contributed by atoms with Crippen molar-refractivity contribution in [2.75, 3.05) is 26.2 Å². The Morgan fingerprint density at radius 2 is 1.72 bits per heavy atom. The Balaban J connectivity index is 1.87. The summed E-state index contributed by atoms with van der Waals surface area (Å²) >= 11 is 6.32. The number of hydrogen-bond acceptors (Lipinski definition) is 4. The van der Waals surface area contributed by atoms with Gasteiger partial charge in [0.1, 0.15) is 0 Å². The Labute approximate surface area is 196 Å². The number of benzene rings is 2. The fraction of sp³-hybridized carbons (Fsp3) is 0.458. The van der Waals surface area contributed by atoms with E-state index in [9.17, 15) is 13.2 Å². The Morgan fingerprint density at radius 1 is 1.09 bits per heavy atom. The molecule has 1 aliphatic heterocycles. The van der Waals surface area contributed by atoms with Crippen LogP contribution in [0.5, 0.6) is 0 Å². The van der Waals surface area contributed by atoms with Gasteiger partial charge in [-0.3, -0.25) is 9.69 Å². The second-order valence-electron chi connectivity index (χ2n) is 8.09. The van der Waals surface area contributed by atoms with Gasteiger partial charge in [-0.2, -0.15) is 4.31 Å². The van der Waals surface area contributed by atoms with Crippen LogP contribution in [0.25, 0.3) is 0 Å². The van der Waals surface area contributed by atoms with Crippen LogP contribution in [0, 0.1) is 0 Å². The molecule has 0 saturated carbocycles. The fourth-order valence-corrected chi connectivity index (χ4v) is 6.09. The maximum absolute atomic E-state index is 13.2. The van der Waals surface area contributed by atoms with Crippen LogP contribution in [0.3, 0.4) is 0 Å². The molecule has 32 heavy (non-hydrogen) atoms. The van der Waals surface area contributed by atoms with Crippen molar-refractivity contribution in [3.8, 4) is 0 Å². The topological polar surface area (TPSA) is 69.7 Å². The fourth-order valence-electron chi connectivity index (χ4n) is 4.40. The number of amides is 1. The van der Waals surface area contributed by atoms with Crippen molar-refractivity contribution in [1.29, 1.82) is 0 Å². The van der Waals surface area contributed by atoms with Crippen LogP contribution in [0.2, 0.25) is 5.02 Å². The predicted molar refractivity (Wildman–Crippen MR) is 128 cm³/mol. The summed E-state index contributed by atoms with van der Waals surface area (Å²) in [5, 5.41) is 3.30. The third kappa shape index (κ3) is 5.34. The second-order valence-corrected chi connectivity index (χ2v) is 10.4. The molecule has 1 amide bonds. The third-order valence-electron chi connectivity index (χ3n) is 6.03. The molecular formula is C24H32ClN3O3S. The minimum Gasteiger partial charge on any atom is -0.348 e. The lowest BCUT2D eigenvalue weighted by Crippen LogP contribution is -2.44. The number of hydrogen-bond donors (Lipinski definition) is 1. The minimum atomic E-state index is -3.69. The summed E-state index contributed by atoms with van der Waals surface area (Å²) in [5.74, 6) is -0.376. The Kier molecular flexibility index (Phi) is 8.33. The molecular weight excluding hydrogens is 446 g/mol. The molecule has 2 aromatic carbocycles. The van der Waals surface area contributed by atoms with Gasteiger partial charge < -0.3 is 5.32 Å². The van der Waals surface area contributed by atoms with Crippen molar-refractivity contribution < 1.29 is 13.2 Å². The summed E-state index contributed by atoms with van der Waals surface area (Å²) in [7, 11) is -3.69. The zero-order valence-corrected chi connectivity index (χ0v) is 20.5. The maximum Gasteiger partial charge on any atom is 0.253 e. The zero-order chi connectivity index (χ0) is 23.3. The van der Waals surface area contributed by atoms with Crippen molar-refractivity contribution in [3.63, 3.8) is 0 Å². The number of nitrogens with one attached hydrogen (secondary N) is 1. The molecule has 0 aliphatic carbocycles. The zero-order valence-electron chi connectivity index (χ0n) is 18.9. The van der Waals surface area contributed by atoms with E-state index in [1.165, 1.54) is 22.5 Å². The molecule has 1 heterocycles. The van der Waals surface area contributed by atoms with E-state index >= 15 is 0 Å². The molecule has 2 unspecified atom stereocenters. The lowest BCUT2D eigenvalue weighted by Gasteiger charge is -2.33. The summed E-state index contributed by atoms with van der Waals surface area (Å²) in [4.78, 5) is 15.7. The summed E-state index contributed by atoms with van der Waals surface area (Å²) in [6.45, 7) is 8.24.